The molecule has 2 aromatic rings. The summed E-state index contributed by atoms with van der Waals surface area (Å²) in [5.41, 5.74) is 9.11. The fourth-order valence-electron chi connectivity index (χ4n) is 2.09. The fourth-order valence-corrected chi connectivity index (χ4v) is 2.09. The molecule has 0 radical (unpaired) electrons. The first-order valence-electron chi connectivity index (χ1n) is 5.91. The van der Waals surface area contributed by atoms with Gasteiger partial charge in [-0.15, -0.1) is 0 Å². The second-order valence-corrected chi connectivity index (χ2v) is 4.37. The Hall–Kier alpha value is -1.81. The number of nitrogens with zero attached hydrogens (tertiary/aromatic N) is 1. The van der Waals surface area contributed by atoms with Crippen LogP contribution >= 0.6 is 0 Å². The minimum absolute atomic E-state index is 0.182. The lowest BCUT2D eigenvalue weighted by atomic mass is 10.0. The van der Waals surface area contributed by atoms with E-state index in [4.69, 9.17) is 14.9 Å². The maximum absolute atomic E-state index is 6.10. The Morgan fingerprint density at radius 2 is 2.22 bits per heavy atom. The van der Waals surface area contributed by atoms with Gasteiger partial charge in [-0.3, -0.25) is 4.98 Å². The molecule has 0 amide bonds. The third kappa shape index (κ3) is 2.38. The van der Waals surface area contributed by atoms with Crippen LogP contribution in [0.25, 0.3) is 0 Å². The first kappa shape index (κ1) is 12.6. The van der Waals surface area contributed by atoms with Gasteiger partial charge in [0.25, 0.3) is 0 Å². The van der Waals surface area contributed by atoms with Gasteiger partial charge in [0.05, 0.1) is 19.4 Å². The number of furan rings is 1. The van der Waals surface area contributed by atoms with E-state index in [0.717, 1.165) is 28.3 Å². The Morgan fingerprint density at radius 1 is 1.44 bits per heavy atom. The minimum Gasteiger partial charge on any atom is -0.496 e. The highest BCUT2D eigenvalue weighted by molar-refractivity contribution is 5.41. The molecule has 0 saturated carbocycles. The lowest BCUT2D eigenvalue weighted by Gasteiger charge is -2.14. The van der Waals surface area contributed by atoms with Crippen LogP contribution in [0.4, 0.5) is 0 Å². The van der Waals surface area contributed by atoms with Crippen LogP contribution in [0.3, 0.4) is 0 Å². The molecular weight excluding hydrogens is 228 g/mol. The lowest BCUT2D eigenvalue weighted by molar-refractivity contribution is 0.405. The Morgan fingerprint density at radius 3 is 2.83 bits per heavy atom. The van der Waals surface area contributed by atoms with Crippen LogP contribution in [0, 0.1) is 13.8 Å². The highest BCUT2D eigenvalue weighted by atomic mass is 16.5. The van der Waals surface area contributed by atoms with Gasteiger partial charge in [0.2, 0.25) is 0 Å². The molecule has 1 unspecified atom stereocenters. The Bertz CT molecular complexity index is 521. The summed E-state index contributed by atoms with van der Waals surface area (Å²) in [7, 11) is 1.67. The summed E-state index contributed by atoms with van der Waals surface area (Å²) in [5.74, 6) is 1.65. The van der Waals surface area contributed by atoms with Crippen LogP contribution in [-0.2, 0) is 6.42 Å². The van der Waals surface area contributed by atoms with Crippen LogP contribution in [0.5, 0.6) is 5.75 Å². The van der Waals surface area contributed by atoms with Gasteiger partial charge in [-0.05, 0) is 26.0 Å². The zero-order chi connectivity index (χ0) is 13.1. The van der Waals surface area contributed by atoms with Crippen molar-refractivity contribution in [3.63, 3.8) is 0 Å². The molecule has 96 valence electrons. The summed E-state index contributed by atoms with van der Waals surface area (Å²) in [5, 5.41) is 0. The molecule has 2 aromatic heterocycles. The zero-order valence-corrected chi connectivity index (χ0v) is 10.9. The molecule has 2 N–H and O–H groups in total. The quantitative estimate of drug-likeness (QED) is 0.900. The van der Waals surface area contributed by atoms with Gasteiger partial charge < -0.3 is 14.9 Å². The molecule has 4 nitrogen and oxygen atoms in total. The molecule has 0 saturated heterocycles. The summed E-state index contributed by atoms with van der Waals surface area (Å²) in [6.45, 7) is 3.98. The van der Waals surface area contributed by atoms with E-state index in [9.17, 15) is 0 Å². The van der Waals surface area contributed by atoms with Crippen molar-refractivity contribution in [2.45, 2.75) is 26.3 Å². The van der Waals surface area contributed by atoms with Gasteiger partial charge in [0, 0.05) is 29.4 Å². The van der Waals surface area contributed by atoms with E-state index in [2.05, 4.69) is 4.98 Å². The smallest absolute Gasteiger partial charge is 0.128 e. The van der Waals surface area contributed by atoms with E-state index < -0.39 is 0 Å². The van der Waals surface area contributed by atoms with Gasteiger partial charge in [-0.2, -0.15) is 0 Å². The minimum atomic E-state index is -0.182. The van der Waals surface area contributed by atoms with Gasteiger partial charge in [0.1, 0.15) is 11.5 Å². The molecule has 1 atom stereocenters. The molecule has 2 rings (SSSR count). The summed E-state index contributed by atoms with van der Waals surface area (Å²) in [4.78, 5) is 4.43. The van der Waals surface area contributed by atoms with E-state index >= 15 is 0 Å². The van der Waals surface area contributed by atoms with Crippen LogP contribution in [0.2, 0.25) is 0 Å². The van der Waals surface area contributed by atoms with E-state index in [1.165, 1.54) is 0 Å². The van der Waals surface area contributed by atoms with Crippen LogP contribution in [-0.4, -0.2) is 12.1 Å². The van der Waals surface area contributed by atoms with Gasteiger partial charge in [0.15, 0.2) is 0 Å². The standard InChI is InChI=1S/C14H18N2O2/c1-9-8-16-12(10(2)14(9)17-3)7-11(15)13-5-4-6-18-13/h4-6,8,11H,7,15H2,1-3H3. The highest BCUT2D eigenvalue weighted by Crippen LogP contribution is 2.26. The number of methoxy groups -OCH3 is 1. The highest BCUT2D eigenvalue weighted by Gasteiger charge is 2.15. The number of nitrogens with two attached hydrogens (primary N) is 1. The second kappa shape index (κ2) is 5.23. The van der Waals surface area contributed by atoms with Gasteiger partial charge >= 0.3 is 0 Å². The number of pyridine rings is 1. The summed E-state index contributed by atoms with van der Waals surface area (Å²) in [6, 6.07) is 3.54. The van der Waals surface area contributed by atoms with Crippen molar-refractivity contribution in [3.8, 4) is 5.75 Å². The Labute approximate surface area is 107 Å². The third-order valence-electron chi connectivity index (χ3n) is 3.07. The molecule has 0 bridgehead atoms. The van der Waals surface area contributed by atoms with Crippen molar-refractivity contribution in [1.82, 2.24) is 4.98 Å². The van der Waals surface area contributed by atoms with Crippen LogP contribution < -0.4 is 10.5 Å². The number of aryl methyl sites for hydroxylation is 1. The molecule has 4 heteroatoms. The normalized spacial score (nSPS) is 12.4. The second-order valence-electron chi connectivity index (χ2n) is 4.37. The molecule has 0 spiro atoms. The average molecular weight is 246 g/mol. The van der Waals surface area contributed by atoms with E-state index in [1.54, 1.807) is 13.4 Å². The van der Waals surface area contributed by atoms with E-state index in [1.807, 2.05) is 32.2 Å². The number of hydrogen-bond acceptors (Lipinski definition) is 4. The zero-order valence-electron chi connectivity index (χ0n) is 10.9. The average Bonchev–Trinajstić information content (AvgIpc) is 2.87. The first-order valence-corrected chi connectivity index (χ1v) is 5.91. The maximum Gasteiger partial charge on any atom is 0.128 e. The van der Waals surface area contributed by atoms with Gasteiger partial charge in [-0.1, -0.05) is 0 Å². The number of ether oxygens (including phenoxy) is 1. The molecule has 2 heterocycles. The van der Waals surface area contributed by atoms with Crippen molar-refractivity contribution in [2.24, 2.45) is 5.73 Å². The molecule has 0 aliphatic carbocycles. The third-order valence-corrected chi connectivity index (χ3v) is 3.07. The lowest BCUT2D eigenvalue weighted by Crippen LogP contribution is -2.14. The molecule has 0 aromatic carbocycles. The van der Waals surface area contributed by atoms with E-state index in [-0.39, 0.29) is 6.04 Å². The van der Waals surface area contributed by atoms with Gasteiger partial charge in [-0.25, -0.2) is 0 Å². The van der Waals surface area contributed by atoms with Crippen molar-refractivity contribution in [3.05, 3.63) is 47.2 Å². The number of rotatable bonds is 4. The van der Waals surface area contributed by atoms with Crippen molar-refractivity contribution in [2.75, 3.05) is 7.11 Å². The SMILES string of the molecule is COc1c(C)cnc(CC(N)c2ccco2)c1C. The van der Waals surface area contributed by atoms with E-state index in [0.29, 0.717) is 6.42 Å². The van der Waals surface area contributed by atoms with Crippen LogP contribution in [0.15, 0.2) is 29.0 Å². The number of aromatic nitrogens is 1. The van der Waals surface area contributed by atoms with Crippen molar-refractivity contribution >= 4 is 0 Å². The predicted octanol–water partition coefficient (Wildman–Crippen LogP) is 2.54. The molecule has 18 heavy (non-hydrogen) atoms. The maximum atomic E-state index is 6.10. The summed E-state index contributed by atoms with van der Waals surface area (Å²) < 4.78 is 10.7. The molecular formula is C14H18N2O2. The molecule has 0 aliphatic rings. The number of hydrogen-bond donors (Lipinski definition) is 1. The van der Waals surface area contributed by atoms with Crippen molar-refractivity contribution in [1.29, 1.82) is 0 Å². The summed E-state index contributed by atoms with van der Waals surface area (Å²) >= 11 is 0. The Balaban J connectivity index is 2.24. The summed E-state index contributed by atoms with van der Waals surface area (Å²) in [6.07, 6.45) is 4.08. The first-order chi connectivity index (χ1) is 8.63. The van der Waals surface area contributed by atoms with Crippen molar-refractivity contribution < 1.29 is 9.15 Å². The largest absolute Gasteiger partial charge is 0.496 e. The molecule has 0 aliphatic heterocycles. The fraction of sp³-hybridized carbons (Fsp3) is 0.357. The monoisotopic (exact) mass is 246 g/mol. The Kier molecular flexibility index (Phi) is 3.67. The molecule has 0 fully saturated rings. The topological polar surface area (TPSA) is 61.3 Å². The predicted molar refractivity (Wildman–Crippen MR) is 69.6 cm³/mol. The van der Waals surface area contributed by atoms with Crippen LogP contribution in [0.1, 0.15) is 28.6 Å².